The summed E-state index contributed by atoms with van der Waals surface area (Å²) in [6, 6.07) is 15.9. The molecule has 0 spiro atoms. The van der Waals surface area contributed by atoms with E-state index in [0.29, 0.717) is 25.7 Å². The van der Waals surface area contributed by atoms with Gasteiger partial charge in [0.15, 0.2) is 0 Å². The molecule has 1 aliphatic rings. The van der Waals surface area contributed by atoms with Gasteiger partial charge in [-0.05, 0) is 48.4 Å². The number of unbranched alkanes of at least 4 members (excludes halogenated alkanes) is 1. The van der Waals surface area contributed by atoms with E-state index in [1.54, 1.807) is 0 Å². The van der Waals surface area contributed by atoms with Crippen LogP contribution in [-0.4, -0.2) is 41.8 Å². The van der Waals surface area contributed by atoms with Gasteiger partial charge in [0.05, 0.1) is 6.42 Å². The molecule has 0 aliphatic heterocycles. The fraction of sp³-hybridized carbons (Fsp3) is 0.464. The van der Waals surface area contributed by atoms with Crippen LogP contribution in [0.3, 0.4) is 0 Å². The minimum atomic E-state index is -0.910. The predicted octanol–water partition coefficient (Wildman–Crippen LogP) is 5.23. The Balaban J connectivity index is 1.40. The summed E-state index contributed by atoms with van der Waals surface area (Å²) in [5, 5.41) is 14.7. The molecule has 1 unspecified atom stereocenters. The van der Waals surface area contributed by atoms with E-state index in [2.05, 4.69) is 34.9 Å². The summed E-state index contributed by atoms with van der Waals surface area (Å²) in [6.07, 6.45) is 3.45. The third-order valence-corrected chi connectivity index (χ3v) is 6.44. The number of aliphatic carboxylic acids is 1. The predicted molar refractivity (Wildman–Crippen MR) is 135 cm³/mol. The molecule has 0 radical (unpaired) electrons. The van der Waals surface area contributed by atoms with Gasteiger partial charge in [-0.1, -0.05) is 68.3 Å². The maximum atomic E-state index is 12.4. The van der Waals surface area contributed by atoms with Crippen molar-refractivity contribution >= 4 is 18.0 Å². The highest BCUT2D eigenvalue weighted by atomic mass is 16.5. The molecule has 2 aromatic rings. The summed E-state index contributed by atoms with van der Waals surface area (Å²) < 4.78 is 5.58. The van der Waals surface area contributed by atoms with Crippen LogP contribution in [0.1, 0.15) is 75.8 Å². The standard InChI is InChI=1S/C28H36N2O5/c1-3-4-11-20(17-27(32)33)30-26(31)16-9-10-19(2)29-28(34)35-18-25-23-14-7-5-12-21(23)22-13-6-8-15-24(22)25/h5-8,12-15,19-20,25H,3-4,9-11,16-18H2,1-2H3,(H,29,34)(H,30,31)(H,32,33)/t19?,20-/m1/s1. The second-order valence-corrected chi connectivity index (χ2v) is 9.27. The quantitative estimate of drug-likeness (QED) is 0.364. The van der Waals surface area contributed by atoms with Gasteiger partial charge in [0.2, 0.25) is 5.91 Å². The third kappa shape index (κ3) is 7.57. The summed E-state index contributed by atoms with van der Waals surface area (Å²) in [7, 11) is 0. The Morgan fingerprint density at radius 2 is 1.57 bits per heavy atom. The molecule has 188 valence electrons. The lowest BCUT2D eigenvalue weighted by Crippen LogP contribution is -2.37. The first-order valence-electron chi connectivity index (χ1n) is 12.5. The number of amides is 2. The number of ether oxygens (including phenoxy) is 1. The first-order chi connectivity index (χ1) is 16.9. The number of hydrogen-bond donors (Lipinski definition) is 3. The molecule has 3 rings (SSSR count). The number of rotatable bonds is 13. The molecule has 1 aliphatic carbocycles. The SMILES string of the molecule is CCCC[C@H](CC(=O)O)NC(=O)CCCC(C)NC(=O)OCC1c2ccccc2-c2ccccc21. The van der Waals surface area contributed by atoms with Crippen molar-refractivity contribution in [1.29, 1.82) is 0 Å². The lowest BCUT2D eigenvalue weighted by molar-refractivity contribution is -0.137. The van der Waals surface area contributed by atoms with E-state index in [1.165, 1.54) is 22.3 Å². The average Bonchev–Trinajstić information content (AvgIpc) is 3.14. The second kappa shape index (κ2) is 12.9. The molecule has 2 amide bonds. The average molecular weight is 481 g/mol. The van der Waals surface area contributed by atoms with Crippen LogP contribution in [0.4, 0.5) is 4.79 Å². The molecule has 3 N–H and O–H groups in total. The fourth-order valence-electron chi connectivity index (χ4n) is 4.67. The summed E-state index contributed by atoms with van der Waals surface area (Å²) in [6.45, 7) is 4.18. The van der Waals surface area contributed by atoms with Crippen molar-refractivity contribution in [3.8, 4) is 11.1 Å². The van der Waals surface area contributed by atoms with Crippen molar-refractivity contribution in [2.75, 3.05) is 6.61 Å². The number of carboxylic acids is 1. The van der Waals surface area contributed by atoms with Crippen molar-refractivity contribution in [3.05, 3.63) is 59.7 Å². The van der Waals surface area contributed by atoms with Crippen LogP contribution in [0.2, 0.25) is 0 Å². The van der Waals surface area contributed by atoms with Gasteiger partial charge < -0.3 is 20.5 Å². The molecule has 0 heterocycles. The van der Waals surface area contributed by atoms with Crippen molar-refractivity contribution in [2.24, 2.45) is 0 Å². The smallest absolute Gasteiger partial charge is 0.407 e. The van der Waals surface area contributed by atoms with Crippen molar-refractivity contribution in [3.63, 3.8) is 0 Å². The minimum absolute atomic E-state index is 0.0126. The highest BCUT2D eigenvalue weighted by Gasteiger charge is 2.29. The number of fused-ring (bicyclic) bond motifs is 3. The first-order valence-corrected chi connectivity index (χ1v) is 12.5. The van der Waals surface area contributed by atoms with Crippen LogP contribution in [0, 0.1) is 0 Å². The Kier molecular flexibility index (Phi) is 9.70. The zero-order chi connectivity index (χ0) is 25.2. The molecule has 2 atom stereocenters. The molecule has 2 aromatic carbocycles. The Morgan fingerprint density at radius 3 is 2.17 bits per heavy atom. The van der Waals surface area contributed by atoms with Gasteiger partial charge in [0.1, 0.15) is 6.61 Å². The number of alkyl carbamates (subject to hydrolysis) is 1. The highest BCUT2D eigenvalue weighted by molar-refractivity contribution is 5.79. The monoisotopic (exact) mass is 480 g/mol. The van der Waals surface area contributed by atoms with E-state index in [9.17, 15) is 14.4 Å². The van der Waals surface area contributed by atoms with E-state index in [0.717, 1.165) is 12.8 Å². The molecule has 35 heavy (non-hydrogen) atoms. The van der Waals surface area contributed by atoms with Gasteiger partial charge >= 0.3 is 12.1 Å². The largest absolute Gasteiger partial charge is 0.481 e. The van der Waals surface area contributed by atoms with E-state index >= 15 is 0 Å². The number of carboxylic acid groups (broad SMARTS) is 1. The van der Waals surface area contributed by atoms with Crippen molar-refractivity contribution in [2.45, 2.75) is 76.8 Å². The van der Waals surface area contributed by atoms with E-state index < -0.39 is 12.1 Å². The lowest BCUT2D eigenvalue weighted by atomic mass is 9.98. The summed E-state index contributed by atoms with van der Waals surface area (Å²) in [5.74, 6) is -1.05. The molecule has 0 bridgehead atoms. The van der Waals surface area contributed by atoms with Crippen LogP contribution in [-0.2, 0) is 14.3 Å². The van der Waals surface area contributed by atoms with Crippen molar-refractivity contribution in [1.82, 2.24) is 10.6 Å². The summed E-state index contributed by atoms with van der Waals surface area (Å²) in [5.41, 5.74) is 4.70. The van der Waals surface area contributed by atoms with Crippen LogP contribution in [0.25, 0.3) is 11.1 Å². The van der Waals surface area contributed by atoms with Gasteiger partial charge in [-0.25, -0.2) is 4.79 Å². The number of nitrogens with one attached hydrogen (secondary N) is 2. The minimum Gasteiger partial charge on any atom is -0.481 e. The zero-order valence-corrected chi connectivity index (χ0v) is 20.6. The normalized spacial score (nSPS) is 13.9. The van der Waals surface area contributed by atoms with E-state index in [-0.39, 0.29) is 36.9 Å². The molecule has 0 aromatic heterocycles. The van der Waals surface area contributed by atoms with Gasteiger partial charge in [0, 0.05) is 24.4 Å². The fourth-order valence-corrected chi connectivity index (χ4v) is 4.67. The van der Waals surface area contributed by atoms with Crippen LogP contribution >= 0.6 is 0 Å². The van der Waals surface area contributed by atoms with Crippen LogP contribution < -0.4 is 10.6 Å². The van der Waals surface area contributed by atoms with Gasteiger partial charge in [0.25, 0.3) is 0 Å². The maximum Gasteiger partial charge on any atom is 0.407 e. The Hall–Kier alpha value is -3.35. The highest BCUT2D eigenvalue weighted by Crippen LogP contribution is 2.44. The van der Waals surface area contributed by atoms with Crippen LogP contribution in [0.15, 0.2) is 48.5 Å². The second-order valence-electron chi connectivity index (χ2n) is 9.27. The molecular weight excluding hydrogens is 444 g/mol. The van der Waals surface area contributed by atoms with Gasteiger partial charge in [-0.2, -0.15) is 0 Å². The molecule has 7 heteroatoms. The maximum absolute atomic E-state index is 12.4. The van der Waals surface area contributed by atoms with Gasteiger partial charge in [-0.3, -0.25) is 9.59 Å². The molecular formula is C28H36N2O5. The number of carbonyl (C=O) groups is 3. The van der Waals surface area contributed by atoms with Crippen LogP contribution in [0.5, 0.6) is 0 Å². The Bertz CT molecular complexity index is 976. The Morgan fingerprint density at radius 1 is 0.943 bits per heavy atom. The Labute approximate surface area is 207 Å². The van der Waals surface area contributed by atoms with Gasteiger partial charge in [-0.15, -0.1) is 0 Å². The zero-order valence-electron chi connectivity index (χ0n) is 20.6. The number of hydrogen-bond acceptors (Lipinski definition) is 4. The molecule has 0 saturated carbocycles. The molecule has 7 nitrogen and oxygen atoms in total. The molecule has 0 fully saturated rings. The van der Waals surface area contributed by atoms with E-state index in [4.69, 9.17) is 9.84 Å². The summed E-state index contributed by atoms with van der Waals surface area (Å²) in [4.78, 5) is 35.7. The number of carbonyl (C=O) groups excluding carboxylic acids is 2. The number of benzene rings is 2. The summed E-state index contributed by atoms with van der Waals surface area (Å²) >= 11 is 0. The molecule has 0 saturated heterocycles. The van der Waals surface area contributed by atoms with E-state index in [1.807, 2.05) is 38.1 Å². The first kappa shape index (κ1) is 26.3. The van der Waals surface area contributed by atoms with Crippen molar-refractivity contribution < 1.29 is 24.2 Å². The lowest BCUT2D eigenvalue weighted by Gasteiger charge is -2.18. The third-order valence-electron chi connectivity index (χ3n) is 6.44. The topological polar surface area (TPSA) is 105 Å².